The lowest BCUT2D eigenvalue weighted by molar-refractivity contribution is -0.134. The molecule has 126 valence electrons. The monoisotopic (exact) mass is 327 g/mol. The van der Waals surface area contributed by atoms with Crippen LogP contribution in [0, 0.1) is 5.92 Å². The van der Waals surface area contributed by atoms with Gasteiger partial charge in [-0.1, -0.05) is 30.3 Å². The zero-order valence-electron chi connectivity index (χ0n) is 13.7. The first-order valence-corrected chi connectivity index (χ1v) is 8.16. The highest BCUT2D eigenvalue weighted by atomic mass is 16.3. The number of aromatic nitrogens is 1. The second kappa shape index (κ2) is 7.29. The summed E-state index contributed by atoms with van der Waals surface area (Å²) >= 11 is 0. The average Bonchev–Trinajstić information content (AvgIpc) is 3.09. The molecule has 0 spiro atoms. The lowest BCUT2D eigenvalue weighted by Crippen LogP contribution is -2.44. The van der Waals surface area contributed by atoms with Gasteiger partial charge in [0.15, 0.2) is 12.2 Å². The summed E-state index contributed by atoms with van der Waals surface area (Å²) in [6, 6.07) is 9.68. The third-order valence-corrected chi connectivity index (χ3v) is 4.34. The van der Waals surface area contributed by atoms with E-state index in [0.29, 0.717) is 24.5 Å². The second-order valence-corrected chi connectivity index (χ2v) is 6.02. The van der Waals surface area contributed by atoms with Crippen LogP contribution in [0.5, 0.6) is 0 Å². The van der Waals surface area contributed by atoms with Crippen LogP contribution in [0.3, 0.4) is 0 Å². The zero-order valence-corrected chi connectivity index (χ0v) is 13.7. The van der Waals surface area contributed by atoms with Gasteiger partial charge in [-0.05, 0) is 12.8 Å². The van der Waals surface area contributed by atoms with E-state index in [9.17, 15) is 9.59 Å². The molecule has 1 N–H and O–H groups in total. The summed E-state index contributed by atoms with van der Waals surface area (Å²) in [6.45, 7) is 3.09. The van der Waals surface area contributed by atoms with E-state index in [1.54, 1.807) is 11.8 Å². The number of amides is 2. The first-order chi connectivity index (χ1) is 11.6. The van der Waals surface area contributed by atoms with Crippen molar-refractivity contribution in [2.75, 3.05) is 13.1 Å². The highest BCUT2D eigenvalue weighted by Crippen LogP contribution is 2.23. The van der Waals surface area contributed by atoms with E-state index in [-0.39, 0.29) is 17.7 Å². The number of carbonyl (C=O) groups excluding carboxylic acids is 2. The Balaban J connectivity index is 1.61. The number of hydrogen-bond donors (Lipinski definition) is 1. The highest BCUT2D eigenvalue weighted by Gasteiger charge is 2.27. The fraction of sp³-hybridized carbons (Fsp3) is 0.389. The number of nitrogens with one attached hydrogen (secondary N) is 1. The molecule has 3 rings (SSSR count). The van der Waals surface area contributed by atoms with E-state index < -0.39 is 0 Å². The van der Waals surface area contributed by atoms with Crippen molar-refractivity contribution in [3.05, 3.63) is 42.4 Å². The highest BCUT2D eigenvalue weighted by molar-refractivity contribution is 5.80. The molecule has 6 heteroatoms. The molecule has 1 aliphatic heterocycles. The van der Waals surface area contributed by atoms with Crippen LogP contribution in [0.15, 0.2) is 41.1 Å². The third-order valence-electron chi connectivity index (χ3n) is 4.34. The Hall–Kier alpha value is -2.63. The van der Waals surface area contributed by atoms with E-state index in [2.05, 4.69) is 10.3 Å². The normalized spacial score (nSPS) is 17.5. The fourth-order valence-electron chi connectivity index (χ4n) is 3.01. The van der Waals surface area contributed by atoms with E-state index in [1.165, 1.54) is 6.39 Å². The van der Waals surface area contributed by atoms with Crippen molar-refractivity contribution in [3.63, 3.8) is 0 Å². The van der Waals surface area contributed by atoms with E-state index in [1.807, 2.05) is 30.3 Å². The van der Waals surface area contributed by atoms with E-state index in [4.69, 9.17) is 4.42 Å². The van der Waals surface area contributed by atoms with Crippen molar-refractivity contribution in [1.82, 2.24) is 15.2 Å². The molecule has 2 amide bonds. The minimum Gasteiger partial charge on any atom is -0.443 e. The van der Waals surface area contributed by atoms with Crippen LogP contribution < -0.4 is 5.32 Å². The predicted molar refractivity (Wildman–Crippen MR) is 88.8 cm³/mol. The van der Waals surface area contributed by atoms with Gasteiger partial charge in [0.2, 0.25) is 11.8 Å². The number of hydrogen-bond acceptors (Lipinski definition) is 4. The van der Waals surface area contributed by atoms with Gasteiger partial charge in [-0.25, -0.2) is 4.98 Å². The molecule has 2 heterocycles. The Labute approximate surface area is 140 Å². The molecule has 1 unspecified atom stereocenters. The quantitative estimate of drug-likeness (QED) is 0.934. The summed E-state index contributed by atoms with van der Waals surface area (Å²) in [7, 11) is 0. The van der Waals surface area contributed by atoms with Crippen molar-refractivity contribution in [1.29, 1.82) is 0 Å². The van der Waals surface area contributed by atoms with Crippen molar-refractivity contribution in [2.45, 2.75) is 26.3 Å². The van der Waals surface area contributed by atoms with E-state index >= 15 is 0 Å². The molecule has 1 fully saturated rings. The van der Waals surface area contributed by atoms with Gasteiger partial charge in [0.05, 0.1) is 12.5 Å². The number of carbonyl (C=O) groups is 2. The molecule has 2 aromatic rings. The maximum absolute atomic E-state index is 12.4. The van der Waals surface area contributed by atoms with Gasteiger partial charge in [0.25, 0.3) is 0 Å². The lowest BCUT2D eigenvalue weighted by Gasteiger charge is -2.31. The summed E-state index contributed by atoms with van der Waals surface area (Å²) in [4.78, 5) is 29.8. The summed E-state index contributed by atoms with van der Waals surface area (Å²) in [5, 5.41) is 2.93. The lowest BCUT2D eigenvalue weighted by atomic mass is 9.97. The maximum atomic E-state index is 12.4. The minimum absolute atomic E-state index is 0.0235. The first kappa shape index (κ1) is 16.2. The minimum atomic E-state index is -0.158. The molecule has 0 radical (unpaired) electrons. The molecule has 6 nitrogen and oxygen atoms in total. The molecule has 1 aromatic carbocycles. The van der Waals surface area contributed by atoms with Crippen molar-refractivity contribution < 1.29 is 14.0 Å². The van der Waals surface area contributed by atoms with Crippen LogP contribution >= 0.6 is 0 Å². The smallest absolute Gasteiger partial charge is 0.225 e. The van der Waals surface area contributed by atoms with Crippen LogP contribution in [0.4, 0.5) is 0 Å². The van der Waals surface area contributed by atoms with Gasteiger partial charge in [0, 0.05) is 25.6 Å². The van der Waals surface area contributed by atoms with Crippen LogP contribution in [0.2, 0.25) is 0 Å². The van der Waals surface area contributed by atoms with Crippen molar-refractivity contribution in [2.24, 2.45) is 5.92 Å². The molecule has 24 heavy (non-hydrogen) atoms. The second-order valence-electron chi connectivity index (χ2n) is 6.02. The topological polar surface area (TPSA) is 75.4 Å². The molecule has 1 aliphatic rings. The summed E-state index contributed by atoms with van der Waals surface area (Å²) in [5.41, 5.74) is 1.63. The molecule has 0 saturated carbocycles. The molecule has 0 bridgehead atoms. The molecule has 1 aromatic heterocycles. The summed E-state index contributed by atoms with van der Waals surface area (Å²) in [5.74, 6) is 0.498. The Kier molecular flexibility index (Phi) is 4.93. The van der Waals surface area contributed by atoms with Crippen LogP contribution in [-0.2, 0) is 16.1 Å². The molecular formula is C18H21N3O3. The molecule has 1 atom stereocenters. The number of nitrogens with zero attached hydrogens (tertiary/aromatic N) is 2. The van der Waals surface area contributed by atoms with Gasteiger partial charge in [0.1, 0.15) is 5.69 Å². The van der Waals surface area contributed by atoms with Gasteiger partial charge in [-0.3, -0.25) is 9.59 Å². The first-order valence-electron chi connectivity index (χ1n) is 8.16. The van der Waals surface area contributed by atoms with Crippen LogP contribution in [0.1, 0.15) is 25.5 Å². The summed E-state index contributed by atoms with van der Waals surface area (Å²) < 4.78 is 5.46. The SMILES string of the molecule is CC(=O)N1CCCC(C(=O)NCc2ncoc2-c2ccccc2)C1. The van der Waals surface area contributed by atoms with Gasteiger partial charge in [-0.15, -0.1) is 0 Å². The number of benzene rings is 1. The fourth-order valence-corrected chi connectivity index (χ4v) is 3.01. The Bertz CT molecular complexity index is 711. The molecule has 0 aliphatic carbocycles. The van der Waals surface area contributed by atoms with Gasteiger partial charge >= 0.3 is 0 Å². The van der Waals surface area contributed by atoms with Crippen molar-refractivity contribution in [3.8, 4) is 11.3 Å². The van der Waals surface area contributed by atoms with Gasteiger partial charge in [-0.2, -0.15) is 0 Å². The average molecular weight is 327 g/mol. The Morgan fingerprint density at radius 1 is 1.33 bits per heavy atom. The van der Waals surface area contributed by atoms with Crippen molar-refractivity contribution >= 4 is 11.8 Å². The Morgan fingerprint density at radius 3 is 2.88 bits per heavy atom. The van der Waals surface area contributed by atoms with Gasteiger partial charge < -0.3 is 14.6 Å². The number of oxazole rings is 1. The predicted octanol–water partition coefficient (Wildman–Crippen LogP) is 2.22. The third kappa shape index (κ3) is 3.64. The largest absolute Gasteiger partial charge is 0.443 e. The standard InChI is InChI=1S/C18H21N3O3/c1-13(22)21-9-5-8-15(11-21)18(23)19-10-16-17(24-12-20-16)14-6-3-2-4-7-14/h2-4,6-7,12,15H,5,8-11H2,1H3,(H,19,23). The number of piperidine rings is 1. The number of likely N-dealkylation sites (tertiary alicyclic amines) is 1. The Morgan fingerprint density at radius 2 is 2.12 bits per heavy atom. The van der Waals surface area contributed by atoms with Crippen LogP contribution in [0.25, 0.3) is 11.3 Å². The van der Waals surface area contributed by atoms with E-state index in [0.717, 1.165) is 24.9 Å². The maximum Gasteiger partial charge on any atom is 0.225 e. The molecular weight excluding hydrogens is 306 g/mol. The number of rotatable bonds is 4. The summed E-state index contributed by atoms with van der Waals surface area (Å²) in [6.07, 6.45) is 3.05. The van der Waals surface area contributed by atoms with Crippen LogP contribution in [-0.4, -0.2) is 34.8 Å². The molecule has 1 saturated heterocycles. The zero-order chi connectivity index (χ0) is 16.9.